The van der Waals surface area contributed by atoms with Gasteiger partial charge in [0.25, 0.3) is 0 Å². The summed E-state index contributed by atoms with van der Waals surface area (Å²) in [5.41, 5.74) is 0. The Hall–Kier alpha value is -1.11. The Kier molecular flexibility index (Phi) is 5.58. The molecule has 0 aromatic heterocycles. The van der Waals surface area contributed by atoms with Crippen molar-refractivity contribution < 1.29 is 17.9 Å². The summed E-state index contributed by atoms with van der Waals surface area (Å²) in [6, 6.07) is 5.84. The van der Waals surface area contributed by atoms with Crippen LogP contribution in [0.1, 0.15) is 6.92 Å². The van der Waals surface area contributed by atoms with Crippen molar-refractivity contribution in [2.24, 2.45) is 0 Å². The lowest BCUT2D eigenvalue weighted by Gasteiger charge is -2.06. The van der Waals surface area contributed by atoms with Gasteiger partial charge in [-0.25, -0.2) is 8.42 Å². The van der Waals surface area contributed by atoms with E-state index in [0.717, 1.165) is 0 Å². The van der Waals surface area contributed by atoms with E-state index in [1.54, 1.807) is 6.92 Å². The number of nitrogens with one attached hydrogen (secondary N) is 1. The van der Waals surface area contributed by atoms with Crippen molar-refractivity contribution in [1.82, 2.24) is 5.32 Å². The lowest BCUT2D eigenvalue weighted by molar-refractivity contribution is -0.141. The first-order valence-electron chi connectivity index (χ1n) is 5.30. The molecule has 7 heteroatoms. The van der Waals surface area contributed by atoms with Crippen LogP contribution in [0.3, 0.4) is 0 Å². The number of hydrogen-bond acceptors (Lipinski definition) is 5. The van der Waals surface area contributed by atoms with Gasteiger partial charge in [-0.15, -0.1) is 0 Å². The predicted octanol–water partition coefficient (Wildman–Crippen LogP) is 1.22. The van der Waals surface area contributed by atoms with E-state index in [1.165, 1.54) is 24.3 Å². The first kappa shape index (κ1) is 14.9. The summed E-state index contributed by atoms with van der Waals surface area (Å²) in [6.45, 7) is 1.81. The van der Waals surface area contributed by atoms with Crippen molar-refractivity contribution in [2.75, 3.05) is 19.0 Å². The summed E-state index contributed by atoms with van der Waals surface area (Å²) < 4.78 is 28.3. The Morgan fingerprint density at radius 2 is 1.94 bits per heavy atom. The molecule has 1 aromatic rings. The molecule has 0 spiro atoms. The van der Waals surface area contributed by atoms with Crippen molar-refractivity contribution in [3.8, 4) is 0 Å². The summed E-state index contributed by atoms with van der Waals surface area (Å²) in [4.78, 5) is 11.2. The van der Waals surface area contributed by atoms with Crippen LogP contribution in [0.2, 0.25) is 5.02 Å². The zero-order valence-corrected chi connectivity index (χ0v) is 11.4. The minimum absolute atomic E-state index is 0.138. The van der Waals surface area contributed by atoms with Crippen LogP contribution in [-0.2, 0) is 19.4 Å². The third kappa shape index (κ3) is 4.64. The molecule has 0 aliphatic rings. The summed E-state index contributed by atoms with van der Waals surface area (Å²) in [5, 5.41) is 2.99. The van der Waals surface area contributed by atoms with E-state index >= 15 is 0 Å². The molecule has 0 aliphatic heterocycles. The molecule has 0 bridgehead atoms. The third-order valence-corrected chi connectivity index (χ3v) is 3.87. The van der Waals surface area contributed by atoms with Gasteiger partial charge in [0.15, 0.2) is 9.84 Å². The topological polar surface area (TPSA) is 72.5 Å². The summed E-state index contributed by atoms with van der Waals surface area (Å²) >= 11 is 5.67. The van der Waals surface area contributed by atoms with Crippen LogP contribution >= 0.6 is 11.6 Å². The minimum Gasteiger partial charge on any atom is -0.465 e. The van der Waals surface area contributed by atoms with Crippen molar-refractivity contribution in [3.63, 3.8) is 0 Å². The minimum atomic E-state index is -3.47. The molecule has 0 saturated carbocycles. The number of hydrogen-bond donors (Lipinski definition) is 1. The molecule has 0 radical (unpaired) electrons. The van der Waals surface area contributed by atoms with Crippen LogP contribution in [0.25, 0.3) is 0 Å². The predicted molar refractivity (Wildman–Crippen MR) is 68.1 cm³/mol. The van der Waals surface area contributed by atoms with Gasteiger partial charge < -0.3 is 4.74 Å². The standard InChI is InChI=1S/C11H14ClNO4S/c1-2-17-11(14)7-13-8-18(15,16)10-5-3-9(12)4-6-10/h3-6,13H,2,7-8H2,1H3. The molecule has 0 fully saturated rings. The maximum atomic E-state index is 11.8. The molecule has 0 amide bonds. The van der Waals surface area contributed by atoms with Gasteiger partial charge in [-0.2, -0.15) is 0 Å². The largest absolute Gasteiger partial charge is 0.465 e. The fraction of sp³-hybridized carbons (Fsp3) is 0.364. The average Bonchev–Trinajstić information content (AvgIpc) is 2.29. The molecule has 100 valence electrons. The first-order chi connectivity index (χ1) is 8.45. The number of benzene rings is 1. The number of rotatable bonds is 6. The summed E-state index contributed by atoms with van der Waals surface area (Å²) in [6.07, 6.45) is 0. The average molecular weight is 292 g/mol. The number of halogens is 1. The van der Waals surface area contributed by atoms with Crippen molar-refractivity contribution in [1.29, 1.82) is 0 Å². The van der Waals surface area contributed by atoms with Crippen LogP contribution in [0.4, 0.5) is 0 Å². The summed E-state index contributed by atoms with van der Waals surface area (Å²) in [7, 11) is -3.47. The molecule has 0 aliphatic carbocycles. The van der Waals surface area contributed by atoms with Crippen molar-refractivity contribution in [3.05, 3.63) is 29.3 Å². The van der Waals surface area contributed by atoms with Gasteiger partial charge in [-0.3, -0.25) is 10.1 Å². The lowest BCUT2D eigenvalue weighted by atomic mass is 10.4. The molecule has 0 unspecified atom stereocenters. The van der Waals surface area contributed by atoms with Crippen LogP contribution < -0.4 is 5.32 Å². The maximum absolute atomic E-state index is 11.8. The zero-order valence-electron chi connectivity index (χ0n) is 9.85. The molecule has 0 saturated heterocycles. The molecule has 1 aromatic carbocycles. The van der Waals surface area contributed by atoms with Crippen LogP contribution in [0.15, 0.2) is 29.2 Å². The Bertz CT molecular complexity index is 498. The van der Waals surface area contributed by atoms with Crippen LogP contribution in [0.5, 0.6) is 0 Å². The zero-order chi connectivity index (χ0) is 13.6. The lowest BCUT2D eigenvalue weighted by Crippen LogP contribution is -2.29. The molecule has 1 N–H and O–H groups in total. The highest BCUT2D eigenvalue weighted by Gasteiger charge is 2.14. The van der Waals surface area contributed by atoms with Gasteiger partial charge in [0, 0.05) is 5.02 Å². The van der Waals surface area contributed by atoms with E-state index in [0.29, 0.717) is 5.02 Å². The molecular formula is C11H14ClNO4S. The molecule has 18 heavy (non-hydrogen) atoms. The van der Waals surface area contributed by atoms with E-state index in [-0.39, 0.29) is 23.9 Å². The number of carbonyl (C=O) groups is 1. The van der Waals surface area contributed by atoms with Crippen LogP contribution in [-0.4, -0.2) is 33.4 Å². The maximum Gasteiger partial charge on any atom is 0.319 e. The van der Waals surface area contributed by atoms with E-state index < -0.39 is 15.8 Å². The monoisotopic (exact) mass is 291 g/mol. The fourth-order valence-electron chi connectivity index (χ4n) is 1.22. The quantitative estimate of drug-likeness (QED) is 0.798. The van der Waals surface area contributed by atoms with E-state index in [2.05, 4.69) is 10.1 Å². The second-order valence-electron chi connectivity index (χ2n) is 3.44. The smallest absolute Gasteiger partial charge is 0.319 e. The molecule has 5 nitrogen and oxygen atoms in total. The third-order valence-electron chi connectivity index (χ3n) is 2.04. The number of esters is 1. The Morgan fingerprint density at radius 1 is 1.33 bits per heavy atom. The van der Waals surface area contributed by atoms with E-state index in [4.69, 9.17) is 11.6 Å². The second kappa shape index (κ2) is 6.72. The highest BCUT2D eigenvalue weighted by atomic mass is 35.5. The van der Waals surface area contributed by atoms with Gasteiger partial charge in [0.1, 0.15) is 5.88 Å². The Labute approximate surface area is 111 Å². The number of ether oxygens (including phenoxy) is 1. The van der Waals surface area contributed by atoms with Crippen molar-refractivity contribution in [2.45, 2.75) is 11.8 Å². The van der Waals surface area contributed by atoms with Gasteiger partial charge in [0.05, 0.1) is 18.0 Å². The SMILES string of the molecule is CCOC(=O)CNCS(=O)(=O)c1ccc(Cl)cc1. The Balaban J connectivity index is 2.55. The summed E-state index contributed by atoms with van der Waals surface area (Å²) in [5.74, 6) is -0.809. The van der Waals surface area contributed by atoms with Gasteiger partial charge in [-0.1, -0.05) is 11.6 Å². The normalized spacial score (nSPS) is 11.2. The number of carbonyl (C=O) groups excluding carboxylic acids is 1. The fourth-order valence-corrected chi connectivity index (χ4v) is 2.44. The van der Waals surface area contributed by atoms with Crippen molar-refractivity contribution >= 4 is 27.4 Å². The van der Waals surface area contributed by atoms with Gasteiger partial charge in [-0.05, 0) is 31.2 Å². The van der Waals surface area contributed by atoms with E-state index in [1.807, 2.05) is 0 Å². The number of sulfone groups is 1. The molecular weight excluding hydrogens is 278 g/mol. The highest BCUT2D eigenvalue weighted by Crippen LogP contribution is 2.14. The van der Waals surface area contributed by atoms with Crippen LogP contribution in [0, 0.1) is 0 Å². The highest BCUT2D eigenvalue weighted by molar-refractivity contribution is 7.91. The molecule has 1 rings (SSSR count). The molecule has 0 heterocycles. The van der Waals surface area contributed by atoms with E-state index in [9.17, 15) is 13.2 Å². The Morgan fingerprint density at radius 3 is 2.50 bits per heavy atom. The van der Waals surface area contributed by atoms with Gasteiger partial charge >= 0.3 is 5.97 Å². The second-order valence-corrected chi connectivity index (χ2v) is 5.87. The first-order valence-corrected chi connectivity index (χ1v) is 7.33. The van der Waals surface area contributed by atoms with Gasteiger partial charge in [0.2, 0.25) is 0 Å². The molecule has 0 atom stereocenters.